The molecule has 116 valence electrons. The van der Waals surface area contributed by atoms with Gasteiger partial charge in [0.05, 0.1) is 25.6 Å². The van der Waals surface area contributed by atoms with E-state index in [1.807, 2.05) is 24.3 Å². The molecule has 2 rings (SSSR count). The molecule has 1 aromatic rings. The molecular weight excluding hydrogens is 290 g/mol. The normalized spacial score (nSPS) is 20.1. The number of nitrogens with zero attached hydrogens (tertiary/aromatic N) is 1. The average Bonchev–Trinajstić information content (AvgIpc) is 2.48. The van der Waals surface area contributed by atoms with Gasteiger partial charge < -0.3 is 9.47 Å². The van der Waals surface area contributed by atoms with Gasteiger partial charge in [-0.25, -0.2) is 8.42 Å². The van der Waals surface area contributed by atoms with Crippen molar-refractivity contribution in [3.8, 4) is 5.75 Å². The fourth-order valence-electron chi connectivity index (χ4n) is 2.39. The topological polar surface area (TPSA) is 55.8 Å². The Balaban J connectivity index is 2.02. The maximum absolute atomic E-state index is 12.1. The highest BCUT2D eigenvalue weighted by atomic mass is 32.2. The van der Waals surface area contributed by atoms with Gasteiger partial charge in [0, 0.05) is 19.5 Å². The van der Waals surface area contributed by atoms with Gasteiger partial charge in [0.15, 0.2) is 0 Å². The lowest BCUT2D eigenvalue weighted by molar-refractivity contribution is -0.000414. The minimum absolute atomic E-state index is 0.0289. The highest BCUT2D eigenvalue weighted by Crippen LogP contribution is 2.18. The highest BCUT2D eigenvalue weighted by molar-refractivity contribution is 7.89. The van der Waals surface area contributed by atoms with E-state index in [9.17, 15) is 8.42 Å². The number of hydrogen-bond donors (Lipinski definition) is 0. The molecule has 1 aliphatic heterocycles. The van der Waals surface area contributed by atoms with Crippen LogP contribution >= 0.6 is 0 Å². The molecule has 1 fully saturated rings. The van der Waals surface area contributed by atoms with Crippen LogP contribution in [0.4, 0.5) is 0 Å². The van der Waals surface area contributed by atoms with Crippen molar-refractivity contribution in [3.05, 3.63) is 42.5 Å². The van der Waals surface area contributed by atoms with Gasteiger partial charge in [-0.05, 0) is 17.7 Å². The molecule has 0 spiro atoms. The van der Waals surface area contributed by atoms with Gasteiger partial charge in [-0.2, -0.15) is 4.31 Å². The van der Waals surface area contributed by atoms with Crippen molar-refractivity contribution in [1.29, 1.82) is 0 Å². The summed E-state index contributed by atoms with van der Waals surface area (Å²) in [6.45, 7) is 4.71. The summed E-state index contributed by atoms with van der Waals surface area (Å²) >= 11 is 0. The van der Waals surface area contributed by atoms with Crippen LogP contribution < -0.4 is 4.74 Å². The Kier molecular flexibility index (Phi) is 5.39. The van der Waals surface area contributed by atoms with E-state index < -0.39 is 10.0 Å². The van der Waals surface area contributed by atoms with Crippen LogP contribution in [-0.2, 0) is 21.2 Å². The number of morpholine rings is 1. The first-order valence-corrected chi connectivity index (χ1v) is 8.49. The zero-order valence-electron chi connectivity index (χ0n) is 12.2. The molecule has 6 heteroatoms. The smallest absolute Gasteiger partial charge is 0.217 e. The Morgan fingerprint density at radius 1 is 1.52 bits per heavy atom. The van der Waals surface area contributed by atoms with E-state index in [4.69, 9.17) is 9.47 Å². The molecule has 0 aliphatic carbocycles. The van der Waals surface area contributed by atoms with Gasteiger partial charge in [-0.15, -0.1) is 6.58 Å². The summed E-state index contributed by atoms with van der Waals surface area (Å²) in [4.78, 5) is 0. The predicted molar refractivity (Wildman–Crippen MR) is 82.0 cm³/mol. The van der Waals surface area contributed by atoms with E-state index in [1.54, 1.807) is 7.11 Å². The zero-order chi connectivity index (χ0) is 15.3. The first kappa shape index (κ1) is 16.0. The maximum Gasteiger partial charge on any atom is 0.217 e. The highest BCUT2D eigenvalue weighted by Gasteiger charge is 2.28. The quantitative estimate of drug-likeness (QED) is 0.746. The molecule has 0 amide bonds. The van der Waals surface area contributed by atoms with Crippen LogP contribution in [0.25, 0.3) is 0 Å². The monoisotopic (exact) mass is 311 g/mol. The van der Waals surface area contributed by atoms with E-state index in [-0.39, 0.29) is 11.9 Å². The summed E-state index contributed by atoms with van der Waals surface area (Å²) < 4.78 is 36.5. The van der Waals surface area contributed by atoms with Crippen LogP contribution in [-0.4, -0.2) is 51.4 Å². The van der Waals surface area contributed by atoms with Crippen molar-refractivity contribution in [3.63, 3.8) is 0 Å². The standard InChI is InChI=1S/C15H21NO4S/c1-3-9-21(17,18)16-7-8-20-15(12-16)11-13-5-4-6-14(10-13)19-2/h3-6,10,15H,1,7-9,11-12H2,2H3/t15-/m1/s1. The van der Waals surface area contributed by atoms with Crippen LogP contribution in [0, 0.1) is 0 Å². The van der Waals surface area contributed by atoms with Crippen LogP contribution in [0.15, 0.2) is 36.9 Å². The molecule has 1 saturated heterocycles. The van der Waals surface area contributed by atoms with Gasteiger partial charge >= 0.3 is 0 Å². The van der Waals surface area contributed by atoms with E-state index >= 15 is 0 Å². The van der Waals surface area contributed by atoms with Crippen molar-refractivity contribution >= 4 is 10.0 Å². The van der Waals surface area contributed by atoms with Crippen LogP contribution in [0.3, 0.4) is 0 Å². The third-order valence-electron chi connectivity index (χ3n) is 3.42. The molecule has 0 radical (unpaired) electrons. The molecule has 1 atom stereocenters. The Morgan fingerprint density at radius 3 is 3.05 bits per heavy atom. The Hall–Kier alpha value is -1.37. The molecule has 0 aromatic heterocycles. The van der Waals surface area contributed by atoms with Crippen LogP contribution in [0.5, 0.6) is 5.75 Å². The summed E-state index contributed by atoms with van der Waals surface area (Å²) in [5.74, 6) is 0.762. The van der Waals surface area contributed by atoms with E-state index in [0.29, 0.717) is 26.1 Å². The van der Waals surface area contributed by atoms with Crippen molar-refractivity contribution in [2.24, 2.45) is 0 Å². The summed E-state index contributed by atoms with van der Waals surface area (Å²) in [7, 11) is -1.64. The van der Waals surface area contributed by atoms with Crippen LogP contribution in [0.1, 0.15) is 5.56 Å². The number of rotatable bonds is 6. The third kappa shape index (κ3) is 4.30. The van der Waals surface area contributed by atoms with Crippen molar-refractivity contribution in [2.45, 2.75) is 12.5 Å². The minimum atomic E-state index is -3.26. The zero-order valence-corrected chi connectivity index (χ0v) is 13.0. The van der Waals surface area contributed by atoms with Crippen molar-refractivity contribution < 1.29 is 17.9 Å². The lowest BCUT2D eigenvalue weighted by Crippen LogP contribution is -2.46. The fourth-order valence-corrected chi connectivity index (χ4v) is 3.64. The van der Waals surface area contributed by atoms with Gasteiger partial charge in [0.2, 0.25) is 10.0 Å². The summed E-state index contributed by atoms with van der Waals surface area (Å²) in [6, 6.07) is 7.74. The summed E-state index contributed by atoms with van der Waals surface area (Å²) in [5.41, 5.74) is 1.07. The molecule has 0 N–H and O–H groups in total. The average molecular weight is 311 g/mol. The number of ether oxygens (including phenoxy) is 2. The molecule has 1 aliphatic rings. The first-order chi connectivity index (χ1) is 10.0. The first-order valence-electron chi connectivity index (χ1n) is 6.88. The molecule has 21 heavy (non-hydrogen) atoms. The van der Waals surface area contributed by atoms with Gasteiger partial charge in [0.25, 0.3) is 0 Å². The Bertz CT molecular complexity index is 585. The third-order valence-corrected chi connectivity index (χ3v) is 5.20. The number of methoxy groups -OCH3 is 1. The van der Waals surface area contributed by atoms with E-state index in [2.05, 4.69) is 6.58 Å². The fraction of sp³-hybridized carbons (Fsp3) is 0.467. The van der Waals surface area contributed by atoms with E-state index in [1.165, 1.54) is 10.4 Å². The van der Waals surface area contributed by atoms with E-state index in [0.717, 1.165) is 11.3 Å². The number of benzene rings is 1. The molecule has 0 unspecified atom stereocenters. The summed E-state index contributed by atoms with van der Waals surface area (Å²) in [6.07, 6.45) is 1.95. The number of hydrogen-bond acceptors (Lipinski definition) is 4. The lowest BCUT2D eigenvalue weighted by Gasteiger charge is -2.32. The van der Waals surface area contributed by atoms with Crippen LogP contribution in [0.2, 0.25) is 0 Å². The van der Waals surface area contributed by atoms with Gasteiger partial charge in [-0.1, -0.05) is 18.2 Å². The number of sulfonamides is 1. The SMILES string of the molecule is C=CCS(=O)(=O)N1CCO[C@H](Cc2cccc(OC)c2)C1. The molecule has 0 saturated carbocycles. The Morgan fingerprint density at radius 2 is 2.33 bits per heavy atom. The molecule has 0 bridgehead atoms. The second kappa shape index (κ2) is 7.06. The molecular formula is C15H21NO4S. The molecule has 1 aromatic carbocycles. The second-order valence-electron chi connectivity index (χ2n) is 4.97. The summed E-state index contributed by atoms with van der Waals surface area (Å²) in [5, 5.41) is 0. The maximum atomic E-state index is 12.1. The van der Waals surface area contributed by atoms with Crippen molar-refractivity contribution in [1.82, 2.24) is 4.31 Å². The Labute approximate surface area is 126 Å². The lowest BCUT2D eigenvalue weighted by atomic mass is 10.1. The minimum Gasteiger partial charge on any atom is -0.497 e. The molecule has 1 heterocycles. The second-order valence-corrected chi connectivity index (χ2v) is 6.99. The largest absolute Gasteiger partial charge is 0.497 e. The predicted octanol–water partition coefficient (Wildman–Crippen LogP) is 1.45. The van der Waals surface area contributed by atoms with Gasteiger partial charge in [-0.3, -0.25) is 0 Å². The van der Waals surface area contributed by atoms with Gasteiger partial charge in [0.1, 0.15) is 5.75 Å². The van der Waals surface area contributed by atoms with Crippen molar-refractivity contribution in [2.75, 3.05) is 32.6 Å². The molecule has 5 nitrogen and oxygen atoms in total.